The molecule has 5 heteroatoms. The zero-order valence-electron chi connectivity index (χ0n) is 5.94. The van der Waals surface area contributed by atoms with Gasteiger partial charge in [0.2, 0.25) is 0 Å². The zero-order valence-corrected chi connectivity index (χ0v) is 8.91. The van der Waals surface area contributed by atoms with Crippen molar-refractivity contribution in [3.63, 3.8) is 0 Å². The van der Waals surface area contributed by atoms with Crippen molar-refractivity contribution in [1.29, 1.82) is 0 Å². The van der Waals surface area contributed by atoms with E-state index >= 15 is 0 Å². The first-order valence-electron chi connectivity index (χ1n) is 3.24. The Morgan fingerprint density at radius 1 is 1.42 bits per heavy atom. The fourth-order valence-electron chi connectivity index (χ4n) is 0.824. The standard InChI is InChI=1S/C7H4IN3S/c8-6-3-5(4-10-11-6)7-9-1-2-12-7/h1-4H. The molecule has 2 rings (SSSR count). The van der Waals surface area contributed by atoms with Crippen molar-refractivity contribution in [1.82, 2.24) is 15.2 Å². The van der Waals surface area contributed by atoms with Gasteiger partial charge in [-0.25, -0.2) is 4.98 Å². The zero-order chi connectivity index (χ0) is 8.39. The molecular weight excluding hydrogens is 285 g/mol. The molecule has 0 bridgehead atoms. The molecule has 0 saturated heterocycles. The van der Waals surface area contributed by atoms with Crippen LogP contribution in [0, 0.1) is 3.70 Å². The summed E-state index contributed by atoms with van der Waals surface area (Å²) >= 11 is 3.74. The second kappa shape index (κ2) is 3.44. The lowest BCUT2D eigenvalue weighted by Gasteiger charge is -1.93. The van der Waals surface area contributed by atoms with Crippen molar-refractivity contribution in [2.24, 2.45) is 0 Å². The molecular formula is C7H4IN3S. The van der Waals surface area contributed by atoms with E-state index in [4.69, 9.17) is 0 Å². The minimum Gasteiger partial charge on any atom is -0.244 e. The van der Waals surface area contributed by atoms with Crippen LogP contribution in [-0.4, -0.2) is 15.2 Å². The number of halogens is 1. The molecule has 0 aromatic carbocycles. The molecule has 2 aromatic heterocycles. The van der Waals surface area contributed by atoms with E-state index in [2.05, 4.69) is 37.8 Å². The Balaban J connectivity index is 2.48. The van der Waals surface area contributed by atoms with Crippen LogP contribution in [0.1, 0.15) is 0 Å². The molecule has 0 spiro atoms. The van der Waals surface area contributed by atoms with E-state index in [1.165, 1.54) is 0 Å². The van der Waals surface area contributed by atoms with Gasteiger partial charge in [0.25, 0.3) is 0 Å². The van der Waals surface area contributed by atoms with Crippen molar-refractivity contribution in [2.45, 2.75) is 0 Å². The maximum absolute atomic E-state index is 4.18. The van der Waals surface area contributed by atoms with E-state index in [-0.39, 0.29) is 0 Å². The van der Waals surface area contributed by atoms with E-state index in [1.807, 2.05) is 11.4 Å². The van der Waals surface area contributed by atoms with Crippen LogP contribution in [0.3, 0.4) is 0 Å². The molecule has 0 aliphatic rings. The Bertz CT molecular complexity index is 374. The van der Waals surface area contributed by atoms with E-state index in [0.717, 1.165) is 14.3 Å². The highest BCUT2D eigenvalue weighted by Crippen LogP contribution is 2.20. The molecule has 0 radical (unpaired) electrons. The van der Waals surface area contributed by atoms with Crippen LogP contribution in [-0.2, 0) is 0 Å². The number of hydrogen-bond donors (Lipinski definition) is 0. The number of hydrogen-bond acceptors (Lipinski definition) is 4. The predicted molar refractivity (Wildman–Crippen MR) is 55.9 cm³/mol. The molecule has 0 amide bonds. The minimum atomic E-state index is 0.889. The Hall–Kier alpha value is -0.560. The van der Waals surface area contributed by atoms with E-state index < -0.39 is 0 Å². The first kappa shape index (κ1) is 8.06. The summed E-state index contributed by atoms with van der Waals surface area (Å²) in [6, 6.07) is 1.96. The van der Waals surface area contributed by atoms with Gasteiger partial charge in [0, 0.05) is 17.1 Å². The molecule has 60 valence electrons. The summed E-state index contributed by atoms with van der Waals surface area (Å²) in [4.78, 5) is 4.18. The average molecular weight is 289 g/mol. The quantitative estimate of drug-likeness (QED) is 0.755. The highest BCUT2D eigenvalue weighted by atomic mass is 127. The van der Waals surface area contributed by atoms with Crippen molar-refractivity contribution < 1.29 is 0 Å². The van der Waals surface area contributed by atoms with Crippen LogP contribution >= 0.6 is 33.9 Å². The van der Waals surface area contributed by atoms with Gasteiger partial charge in [-0.15, -0.1) is 16.4 Å². The number of aromatic nitrogens is 3. The topological polar surface area (TPSA) is 38.7 Å². The Morgan fingerprint density at radius 3 is 3.00 bits per heavy atom. The summed E-state index contributed by atoms with van der Waals surface area (Å²) in [7, 11) is 0. The Kier molecular flexibility index (Phi) is 2.31. The first-order valence-corrected chi connectivity index (χ1v) is 5.20. The Morgan fingerprint density at radius 2 is 2.33 bits per heavy atom. The first-order chi connectivity index (χ1) is 5.86. The molecule has 0 fully saturated rings. The molecule has 0 saturated carbocycles. The van der Waals surface area contributed by atoms with E-state index in [1.54, 1.807) is 23.7 Å². The fraction of sp³-hybridized carbons (Fsp3) is 0. The van der Waals surface area contributed by atoms with Crippen LogP contribution in [0.25, 0.3) is 10.6 Å². The lowest BCUT2D eigenvalue weighted by atomic mass is 10.3. The van der Waals surface area contributed by atoms with Gasteiger partial charge >= 0.3 is 0 Å². The summed E-state index contributed by atoms with van der Waals surface area (Å²) in [5, 5.41) is 10.6. The van der Waals surface area contributed by atoms with Gasteiger partial charge in [-0.1, -0.05) is 0 Å². The summed E-state index contributed by atoms with van der Waals surface area (Å²) < 4.78 is 0.889. The normalized spacial score (nSPS) is 10.1. The molecule has 0 unspecified atom stereocenters. The van der Waals surface area contributed by atoms with E-state index in [9.17, 15) is 0 Å². The van der Waals surface area contributed by atoms with Crippen molar-refractivity contribution >= 4 is 33.9 Å². The van der Waals surface area contributed by atoms with Gasteiger partial charge in [0.05, 0.1) is 6.20 Å². The summed E-state index contributed by atoms with van der Waals surface area (Å²) in [6.07, 6.45) is 3.51. The second-order valence-electron chi connectivity index (χ2n) is 2.10. The Labute approximate surface area is 87.0 Å². The number of rotatable bonds is 1. The highest BCUT2D eigenvalue weighted by molar-refractivity contribution is 14.1. The van der Waals surface area contributed by atoms with Gasteiger partial charge in [0.1, 0.15) is 8.71 Å². The van der Waals surface area contributed by atoms with Crippen molar-refractivity contribution in [3.05, 3.63) is 27.5 Å². The monoisotopic (exact) mass is 289 g/mol. The van der Waals surface area contributed by atoms with Gasteiger partial charge in [-0.05, 0) is 28.7 Å². The summed E-state index contributed by atoms with van der Waals surface area (Å²) in [6.45, 7) is 0. The average Bonchev–Trinajstić information content (AvgIpc) is 2.56. The lowest BCUT2D eigenvalue weighted by Crippen LogP contribution is -1.86. The summed E-state index contributed by atoms with van der Waals surface area (Å²) in [5.74, 6) is 0. The highest BCUT2D eigenvalue weighted by Gasteiger charge is 2.00. The van der Waals surface area contributed by atoms with Crippen LogP contribution in [0.2, 0.25) is 0 Å². The van der Waals surface area contributed by atoms with E-state index in [0.29, 0.717) is 0 Å². The third-order valence-electron chi connectivity index (χ3n) is 1.30. The molecule has 3 nitrogen and oxygen atoms in total. The molecule has 12 heavy (non-hydrogen) atoms. The molecule has 0 aliphatic carbocycles. The maximum Gasteiger partial charge on any atom is 0.124 e. The van der Waals surface area contributed by atoms with Gasteiger partial charge in [-0.2, -0.15) is 5.10 Å². The lowest BCUT2D eigenvalue weighted by molar-refractivity contribution is 1.00. The molecule has 2 aromatic rings. The molecule has 0 aliphatic heterocycles. The van der Waals surface area contributed by atoms with Crippen LogP contribution < -0.4 is 0 Å². The van der Waals surface area contributed by atoms with Crippen molar-refractivity contribution in [3.8, 4) is 10.6 Å². The van der Waals surface area contributed by atoms with Crippen LogP contribution in [0.5, 0.6) is 0 Å². The van der Waals surface area contributed by atoms with Crippen LogP contribution in [0.15, 0.2) is 23.8 Å². The van der Waals surface area contributed by atoms with Crippen LogP contribution in [0.4, 0.5) is 0 Å². The minimum absolute atomic E-state index is 0.889. The SMILES string of the molecule is Ic1cc(-c2nccs2)cnn1. The maximum atomic E-state index is 4.18. The largest absolute Gasteiger partial charge is 0.244 e. The third kappa shape index (κ3) is 1.61. The van der Waals surface area contributed by atoms with Gasteiger partial charge in [-0.3, -0.25) is 0 Å². The van der Waals surface area contributed by atoms with Gasteiger partial charge in [0.15, 0.2) is 0 Å². The molecule has 0 atom stereocenters. The smallest absolute Gasteiger partial charge is 0.124 e. The predicted octanol–water partition coefficient (Wildman–Crippen LogP) is 2.20. The third-order valence-corrected chi connectivity index (χ3v) is 2.65. The summed E-state index contributed by atoms with van der Waals surface area (Å²) in [5.41, 5.74) is 1.03. The molecule has 0 N–H and O–H groups in total. The number of nitrogens with zero attached hydrogens (tertiary/aromatic N) is 3. The molecule has 2 heterocycles. The fourth-order valence-corrected chi connectivity index (χ4v) is 1.90. The number of thiazole rings is 1. The van der Waals surface area contributed by atoms with Crippen molar-refractivity contribution in [2.75, 3.05) is 0 Å². The van der Waals surface area contributed by atoms with Gasteiger partial charge < -0.3 is 0 Å². The second-order valence-corrected chi connectivity index (χ2v) is 4.10.